The van der Waals surface area contributed by atoms with Crippen LogP contribution in [0.3, 0.4) is 0 Å². The average molecular weight is 286 g/mol. The maximum Gasteiger partial charge on any atom is 0.317 e. The molecule has 116 valence electrons. The molecule has 1 aliphatic heterocycles. The van der Waals surface area contributed by atoms with Gasteiger partial charge < -0.3 is 20.1 Å². The molecule has 1 heterocycles. The number of carbonyl (C=O) groups excluding carboxylic acids is 1. The van der Waals surface area contributed by atoms with Gasteiger partial charge in [-0.1, -0.05) is 13.8 Å². The van der Waals surface area contributed by atoms with Crippen molar-refractivity contribution in [3.05, 3.63) is 0 Å². The number of nitrogens with zero attached hydrogens (tertiary/aromatic N) is 1. The summed E-state index contributed by atoms with van der Waals surface area (Å²) in [6, 6.07) is -0.534. The van der Waals surface area contributed by atoms with Crippen LogP contribution in [0.15, 0.2) is 0 Å². The first kappa shape index (κ1) is 16.8. The molecule has 1 unspecified atom stereocenters. The standard InChI is InChI=1S/C14H26N2O4/c1-10(2)12(8-13(17)18)15-14(19)16(3)9-11-4-6-20-7-5-11/h10-12H,4-9H2,1-3H3,(H,15,19)(H,17,18). The highest BCUT2D eigenvalue weighted by atomic mass is 16.5. The van der Waals surface area contributed by atoms with E-state index in [9.17, 15) is 9.59 Å². The maximum absolute atomic E-state index is 12.1. The van der Waals surface area contributed by atoms with Gasteiger partial charge in [0, 0.05) is 32.8 Å². The van der Waals surface area contributed by atoms with Crippen molar-refractivity contribution in [3.8, 4) is 0 Å². The van der Waals surface area contributed by atoms with Gasteiger partial charge in [0.1, 0.15) is 0 Å². The monoisotopic (exact) mass is 286 g/mol. The van der Waals surface area contributed by atoms with Crippen molar-refractivity contribution < 1.29 is 19.4 Å². The van der Waals surface area contributed by atoms with Gasteiger partial charge in [0.25, 0.3) is 0 Å². The summed E-state index contributed by atoms with van der Waals surface area (Å²) in [6.07, 6.45) is 1.90. The quantitative estimate of drug-likeness (QED) is 0.776. The predicted molar refractivity (Wildman–Crippen MR) is 75.6 cm³/mol. The first-order valence-electron chi connectivity index (χ1n) is 7.21. The van der Waals surface area contributed by atoms with Crippen LogP contribution >= 0.6 is 0 Å². The lowest BCUT2D eigenvalue weighted by Gasteiger charge is -2.29. The van der Waals surface area contributed by atoms with Crippen molar-refractivity contribution in [2.45, 2.75) is 39.2 Å². The minimum Gasteiger partial charge on any atom is -0.481 e. The Morgan fingerprint density at radius 3 is 2.45 bits per heavy atom. The van der Waals surface area contributed by atoms with Crippen LogP contribution in [0, 0.1) is 11.8 Å². The molecule has 1 atom stereocenters. The van der Waals surface area contributed by atoms with Crippen LogP contribution in [-0.4, -0.2) is 54.9 Å². The number of aliphatic carboxylic acids is 1. The van der Waals surface area contributed by atoms with Crippen molar-refractivity contribution in [2.75, 3.05) is 26.8 Å². The summed E-state index contributed by atoms with van der Waals surface area (Å²) >= 11 is 0. The first-order valence-corrected chi connectivity index (χ1v) is 7.21. The topological polar surface area (TPSA) is 78.9 Å². The third-order valence-corrected chi connectivity index (χ3v) is 3.73. The summed E-state index contributed by atoms with van der Waals surface area (Å²) in [6.45, 7) is 6.02. The molecular weight excluding hydrogens is 260 g/mol. The summed E-state index contributed by atoms with van der Waals surface area (Å²) in [5.41, 5.74) is 0. The number of carboxylic acid groups (broad SMARTS) is 1. The van der Waals surface area contributed by atoms with E-state index < -0.39 is 5.97 Å². The molecule has 0 aliphatic carbocycles. The number of ether oxygens (including phenoxy) is 1. The molecule has 0 spiro atoms. The number of carbonyl (C=O) groups is 2. The normalized spacial score (nSPS) is 17.8. The molecule has 0 aromatic heterocycles. The number of hydrogen-bond donors (Lipinski definition) is 2. The van der Waals surface area contributed by atoms with Crippen molar-refractivity contribution >= 4 is 12.0 Å². The highest BCUT2D eigenvalue weighted by Crippen LogP contribution is 2.16. The summed E-state index contributed by atoms with van der Waals surface area (Å²) in [5, 5.41) is 11.7. The molecule has 1 rings (SSSR count). The maximum atomic E-state index is 12.1. The van der Waals surface area contributed by atoms with Crippen molar-refractivity contribution in [1.82, 2.24) is 10.2 Å². The fraction of sp³-hybridized carbons (Fsp3) is 0.857. The Morgan fingerprint density at radius 2 is 1.95 bits per heavy atom. The van der Waals surface area contributed by atoms with Crippen LogP contribution in [0.25, 0.3) is 0 Å². The third kappa shape index (κ3) is 5.77. The SMILES string of the molecule is CC(C)C(CC(=O)O)NC(=O)N(C)CC1CCOCC1. The van der Waals surface area contributed by atoms with Gasteiger partial charge in [0.05, 0.1) is 6.42 Å². The van der Waals surface area contributed by atoms with E-state index in [0.717, 1.165) is 26.1 Å². The predicted octanol–water partition coefficient (Wildman–Crippen LogP) is 1.55. The number of urea groups is 1. The zero-order valence-electron chi connectivity index (χ0n) is 12.6. The van der Waals surface area contributed by atoms with Crippen LogP contribution in [0.2, 0.25) is 0 Å². The average Bonchev–Trinajstić information content (AvgIpc) is 2.38. The van der Waals surface area contributed by atoms with Crippen LogP contribution in [0.5, 0.6) is 0 Å². The molecular formula is C14H26N2O4. The molecule has 0 aromatic rings. The molecule has 1 saturated heterocycles. The number of amides is 2. The molecule has 2 amide bonds. The molecule has 20 heavy (non-hydrogen) atoms. The van der Waals surface area contributed by atoms with E-state index >= 15 is 0 Å². The highest BCUT2D eigenvalue weighted by molar-refractivity contribution is 5.75. The Labute approximate surface area is 120 Å². The Hall–Kier alpha value is -1.30. The molecule has 6 nitrogen and oxygen atoms in total. The Balaban J connectivity index is 2.43. The highest BCUT2D eigenvalue weighted by Gasteiger charge is 2.23. The number of rotatable bonds is 6. The molecule has 1 aliphatic rings. The number of nitrogens with one attached hydrogen (secondary N) is 1. The van der Waals surface area contributed by atoms with E-state index in [1.807, 2.05) is 13.8 Å². The molecule has 1 fully saturated rings. The second-order valence-corrected chi connectivity index (χ2v) is 5.83. The minimum absolute atomic E-state index is 0.0471. The van der Waals surface area contributed by atoms with Gasteiger partial charge in [-0.3, -0.25) is 4.79 Å². The molecule has 0 radical (unpaired) electrons. The van der Waals surface area contributed by atoms with E-state index in [-0.39, 0.29) is 24.4 Å². The van der Waals surface area contributed by atoms with Gasteiger partial charge in [0.2, 0.25) is 0 Å². The van der Waals surface area contributed by atoms with E-state index in [1.54, 1.807) is 11.9 Å². The molecule has 6 heteroatoms. The van der Waals surface area contributed by atoms with Gasteiger partial charge >= 0.3 is 12.0 Å². The van der Waals surface area contributed by atoms with E-state index in [0.29, 0.717) is 12.5 Å². The fourth-order valence-electron chi connectivity index (χ4n) is 2.31. The molecule has 0 aromatic carbocycles. The zero-order valence-corrected chi connectivity index (χ0v) is 12.6. The minimum atomic E-state index is -0.893. The van der Waals surface area contributed by atoms with Gasteiger partial charge in [-0.05, 0) is 24.7 Å². The lowest BCUT2D eigenvalue weighted by atomic mass is 9.99. The number of carboxylic acids is 1. The summed E-state index contributed by atoms with van der Waals surface area (Å²) < 4.78 is 5.30. The van der Waals surface area contributed by atoms with Gasteiger partial charge in [0.15, 0.2) is 0 Å². The number of hydrogen-bond acceptors (Lipinski definition) is 3. The van der Waals surface area contributed by atoms with Crippen LogP contribution in [0.1, 0.15) is 33.1 Å². The summed E-state index contributed by atoms with van der Waals surface area (Å²) in [4.78, 5) is 24.6. The second-order valence-electron chi connectivity index (χ2n) is 5.83. The van der Waals surface area contributed by atoms with Crippen molar-refractivity contribution in [2.24, 2.45) is 11.8 Å². The van der Waals surface area contributed by atoms with Crippen LogP contribution < -0.4 is 5.32 Å². The van der Waals surface area contributed by atoms with Gasteiger partial charge in [-0.25, -0.2) is 4.79 Å². The van der Waals surface area contributed by atoms with Crippen LogP contribution in [0.4, 0.5) is 4.79 Å². The first-order chi connectivity index (χ1) is 9.40. The Bertz CT molecular complexity index is 327. The van der Waals surface area contributed by atoms with Gasteiger partial charge in [-0.2, -0.15) is 0 Å². The largest absolute Gasteiger partial charge is 0.481 e. The van der Waals surface area contributed by atoms with E-state index in [1.165, 1.54) is 0 Å². The Kier molecular flexibility index (Phi) is 6.78. The van der Waals surface area contributed by atoms with Crippen molar-refractivity contribution in [1.29, 1.82) is 0 Å². The van der Waals surface area contributed by atoms with E-state index in [4.69, 9.17) is 9.84 Å². The fourth-order valence-corrected chi connectivity index (χ4v) is 2.31. The van der Waals surface area contributed by atoms with E-state index in [2.05, 4.69) is 5.32 Å². The molecule has 0 saturated carbocycles. The molecule has 2 N–H and O–H groups in total. The summed E-state index contributed by atoms with van der Waals surface area (Å²) in [5.74, 6) is -0.334. The summed E-state index contributed by atoms with van der Waals surface area (Å²) in [7, 11) is 1.75. The van der Waals surface area contributed by atoms with Crippen molar-refractivity contribution in [3.63, 3.8) is 0 Å². The lowest BCUT2D eigenvalue weighted by molar-refractivity contribution is -0.137. The van der Waals surface area contributed by atoms with Crippen LogP contribution in [-0.2, 0) is 9.53 Å². The second kappa shape index (κ2) is 8.09. The zero-order chi connectivity index (χ0) is 15.1. The lowest BCUT2D eigenvalue weighted by Crippen LogP contribution is -2.47. The smallest absolute Gasteiger partial charge is 0.317 e. The third-order valence-electron chi connectivity index (χ3n) is 3.73. The van der Waals surface area contributed by atoms with Gasteiger partial charge in [-0.15, -0.1) is 0 Å². The Morgan fingerprint density at radius 1 is 1.35 bits per heavy atom. The molecule has 0 bridgehead atoms.